The van der Waals surface area contributed by atoms with Crippen molar-refractivity contribution in [2.24, 2.45) is 0 Å². The maximum Gasteiger partial charge on any atom is 0.242 e. The quantitative estimate of drug-likeness (QED) is 0.721. The highest BCUT2D eigenvalue weighted by Crippen LogP contribution is 2.25. The van der Waals surface area contributed by atoms with Gasteiger partial charge in [0, 0.05) is 25.5 Å². The van der Waals surface area contributed by atoms with E-state index in [-0.39, 0.29) is 0 Å². The van der Waals surface area contributed by atoms with Crippen molar-refractivity contribution in [2.75, 3.05) is 24.2 Å². The van der Waals surface area contributed by atoms with Gasteiger partial charge in [0.15, 0.2) is 5.82 Å². The van der Waals surface area contributed by atoms with Crippen molar-refractivity contribution in [1.29, 1.82) is 0 Å². The van der Waals surface area contributed by atoms with Crippen LogP contribution in [0.4, 0.5) is 11.5 Å². The van der Waals surface area contributed by atoms with Gasteiger partial charge in [-0.25, -0.2) is 9.97 Å². The molecule has 0 saturated carbocycles. The van der Waals surface area contributed by atoms with Crippen LogP contribution in [0.3, 0.4) is 0 Å². The van der Waals surface area contributed by atoms with Gasteiger partial charge in [-0.05, 0) is 19.8 Å². The minimum atomic E-state index is 0.460. The molecule has 114 valence electrons. The van der Waals surface area contributed by atoms with Crippen molar-refractivity contribution in [3.05, 3.63) is 24.5 Å². The van der Waals surface area contributed by atoms with E-state index in [0.29, 0.717) is 29.8 Å². The lowest BCUT2D eigenvalue weighted by atomic mass is 10.4. The first-order chi connectivity index (χ1) is 10.2. The van der Waals surface area contributed by atoms with Gasteiger partial charge in [-0.3, -0.25) is 0 Å². The van der Waals surface area contributed by atoms with E-state index < -0.39 is 0 Å². The summed E-state index contributed by atoms with van der Waals surface area (Å²) in [5, 5.41) is 3.24. The first-order valence-electron chi connectivity index (χ1n) is 7.17. The molecule has 0 atom stereocenters. The van der Waals surface area contributed by atoms with Crippen LogP contribution >= 0.6 is 0 Å². The Balaban J connectivity index is 1.91. The molecule has 0 spiro atoms. The Morgan fingerprint density at radius 1 is 1.38 bits per heavy atom. The lowest BCUT2D eigenvalue weighted by Crippen LogP contribution is -2.12. The Hall–Kier alpha value is -2.31. The monoisotopic (exact) mass is 290 g/mol. The van der Waals surface area contributed by atoms with Crippen LogP contribution in [-0.4, -0.2) is 32.7 Å². The molecular formula is C14H22N6O. The van der Waals surface area contributed by atoms with Gasteiger partial charge in [-0.15, -0.1) is 0 Å². The fraction of sp³-hybridized carbons (Fsp3) is 0.500. The summed E-state index contributed by atoms with van der Waals surface area (Å²) in [5.74, 6) is 1.74. The molecular weight excluding hydrogens is 268 g/mol. The zero-order valence-electron chi connectivity index (χ0n) is 12.5. The van der Waals surface area contributed by atoms with E-state index >= 15 is 0 Å². The topological polar surface area (TPSA) is 90.9 Å². The number of anilines is 2. The zero-order valence-corrected chi connectivity index (χ0v) is 12.5. The average molecular weight is 290 g/mol. The predicted molar refractivity (Wildman–Crippen MR) is 82.3 cm³/mol. The Bertz CT molecular complexity index is 555. The molecule has 0 fully saturated rings. The lowest BCUT2D eigenvalue weighted by Gasteiger charge is -2.13. The molecule has 2 heterocycles. The van der Waals surface area contributed by atoms with Gasteiger partial charge in [0.25, 0.3) is 0 Å². The third kappa shape index (κ3) is 4.34. The number of rotatable bonds is 8. The minimum absolute atomic E-state index is 0.460. The first-order valence-corrected chi connectivity index (χ1v) is 7.17. The summed E-state index contributed by atoms with van der Waals surface area (Å²) < 4.78 is 7.58. The SMILES string of the molecule is CCCOc1nc(C)nc(NCCCn2ccnc2)c1N. The van der Waals surface area contributed by atoms with Crippen molar-refractivity contribution in [3.8, 4) is 5.88 Å². The zero-order chi connectivity index (χ0) is 15.1. The largest absolute Gasteiger partial charge is 0.476 e. The highest BCUT2D eigenvalue weighted by molar-refractivity contribution is 5.66. The molecule has 0 aromatic carbocycles. The molecule has 2 rings (SSSR count). The number of nitrogen functional groups attached to an aromatic ring is 1. The second-order valence-electron chi connectivity index (χ2n) is 4.77. The third-order valence-corrected chi connectivity index (χ3v) is 2.91. The summed E-state index contributed by atoms with van der Waals surface area (Å²) in [4.78, 5) is 12.6. The van der Waals surface area contributed by atoms with E-state index in [1.807, 2.05) is 24.6 Å². The van der Waals surface area contributed by atoms with Crippen LogP contribution in [0.2, 0.25) is 0 Å². The first kappa shape index (κ1) is 15.1. The summed E-state index contributed by atoms with van der Waals surface area (Å²) in [6.07, 6.45) is 7.39. The van der Waals surface area contributed by atoms with E-state index in [1.165, 1.54) is 0 Å². The number of hydrogen-bond donors (Lipinski definition) is 2. The lowest BCUT2D eigenvalue weighted by molar-refractivity contribution is 0.306. The fourth-order valence-electron chi connectivity index (χ4n) is 1.89. The standard InChI is InChI=1S/C14H22N6O/c1-3-9-21-14-12(15)13(18-11(2)19-14)17-5-4-7-20-8-6-16-10-20/h6,8,10H,3-5,7,9,15H2,1-2H3,(H,17,18,19). The summed E-state index contributed by atoms with van der Waals surface area (Å²) in [7, 11) is 0. The normalized spacial score (nSPS) is 10.6. The summed E-state index contributed by atoms with van der Waals surface area (Å²) in [6, 6.07) is 0. The minimum Gasteiger partial charge on any atom is -0.476 e. The van der Waals surface area contributed by atoms with Gasteiger partial charge in [-0.2, -0.15) is 4.98 Å². The number of nitrogens with zero attached hydrogens (tertiary/aromatic N) is 4. The van der Waals surface area contributed by atoms with Crippen LogP contribution in [0.1, 0.15) is 25.6 Å². The van der Waals surface area contributed by atoms with Crippen LogP contribution < -0.4 is 15.8 Å². The van der Waals surface area contributed by atoms with Crippen LogP contribution in [-0.2, 0) is 6.54 Å². The van der Waals surface area contributed by atoms with Gasteiger partial charge in [0.1, 0.15) is 11.5 Å². The van der Waals surface area contributed by atoms with Crippen molar-refractivity contribution >= 4 is 11.5 Å². The number of hydrogen-bond acceptors (Lipinski definition) is 6. The van der Waals surface area contributed by atoms with E-state index in [2.05, 4.69) is 20.3 Å². The molecule has 0 saturated heterocycles. The second kappa shape index (κ2) is 7.47. The number of nitrogens with one attached hydrogen (secondary N) is 1. The number of ether oxygens (including phenoxy) is 1. The van der Waals surface area contributed by atoms with E-state index in [1.54, 1.807) is 12.5 Å². The van der Waals surface area contributed by atoms with Gasteiger partial charge in [0.2, 0.25) is 5.88 Å². The van der Waals surface area contributed by atoms with Gasteiger partial charge < -0.3 is 20.4 Å². The Kier molecular flexibility index (Phi) is 5.36. The number of aryl methyl sites for hydroxylation is 2. The number of imidazole rings is 1. The molecule has 0 radical (unpaired) electrons. The fourth-order valence-corrected chi connectivity index (χ4v) is 1.89. The summed E-state index contributed by atoms with van der Waals surface area (Å²) in [5.41, 5.74) is 6.51. The van der Waals surface area contributed by atoms with Crippen LogP contribution in [0.15, 0.2) is 18.7 Å². The van der Waals surface area contributed by atoms with Gasteiger partial charge in [0.05, 0.1) is 12.9 Å². The summed E-state index contributed by atoms with van der Waals surface area (Å²) in [6.45, 7) is 6.14. The van der Waals surface area contributed by atoms with Crippen LogP contribution in [0, 0.1) is 6.92 Å². The molecule has 3 N–H and O–H groups in total. The van der Waals surface area contributed by atoms with Gasteiger partial charge >= 0.3 is 0 Å². The Morgan fingerprint density at radius 3 is 2.95 bits per heavy atom. The molecule has 0 aliphatic rings. The van der Waals surface area contributed by atoms with Crippen LogP contribution in [0.25, 0.3) is 0 Å². The molecule has 7 heteroatoms. The molecule has 21 heavy (non-hydrogen) atoms. The maximum atomic E-state index is 6.04. The Labute approximate surface area is 124 Å². The molecule has 2 aromatic rings. The smallest absolute Gasteiger partial charge is 0.242 e. The second-order valence-corrected chi connectivity index (χ2v) is 4.77. The highest BCUT2D eigenvalue weighted by Gasteiger charge is 2.10. The number of aromatic nitrogens is 4. The maximum absolute atomic E-state index is 6.04. The van der Waals surface area contributed by atoms with E-state index in [4.69, 9.17) is 10.5 Å². The molecule has 0 aliphatic carbocycles. The number of nitrogens with two attached hydrogens (primary N) is 1. The molecule has 0 unspecified atom stereocenters. The van der Waals surface area contributed by atoms with Crippen molar-refractivity contribution in [2.45, 2.75) is 33.2 Å². The predicted octanol–water partition coefficient (Wildman–Crippen LogP) is 1.85. The summed E-state index contributed by atoms with van der Waals surface area (Å²) >= 11 is 0. The molecule has 0 amide bonds. The molecule has 0 aliphatic heterocycles. The van der Waals surface area contributed by atoms with Crippen molar-refractivity contribution < 1.29 is 4.74 Å². The van der Waals surface area contributed by atoms with Crippen molar-refractivity contribution in [3.63, 3.8) is 0 Å². The Morgan fingerprint density at radius 2 is 2.24 bits per heavy atom. The van der Waals surface area contributed by atoms with E-state index in [0.717, 1.165) is 25.9 Å². The van der Waals surface area contributed by atoms with Gasteiger partial charge in [-0.1, -0.05) is 6.92 Å². The van der Waals surface area contributed by atoms with E-state index in [9.17, 15) is 0 Å². The molecule has 0 bridgehead atoms. The third-order valence-electron chi connectivity index (χ3n) is 2.91. The van der Waals surface area contributed by atoms with Crippen molar-refractivity contribution in [1.82, 2.24) is 19.5 Å². The molecule has 7 nitrogen and oxygen atoms in total. The highest BCUT2D eigenvalue weighted by atomic mass is 16.5. The molecule has 2 aromatic heterocycles. The average Bonchev–Trinajstić information content (AvgIpc) is 2.98. The van der Waals surface area contributed by atoms with Crippen LogP contribution in [0.5, 0.6) is 5.88 Å².